The summed E-state index contributed by atoms with van der Waals surface area (Å²) in [6.45, 7) is 9.45. The van der Waals surface area contributed by atoms with E-state index in [-0.39, 0.29) is 12.6 Å². The van der Waals surface area contributed by atoms with Crippen LogP contribution >= 0.6 is 0 Å². The molecule has 2 unspecified atom stereocenters. The summed E-state index contributed by atoms with van der Waals surface area (Å²) in [6.07, 6.45) is 3.53. The number of likely N-dealkylation sites (N-methyl/N-ethyl adjacent to an activating group) is 1. The van der Waals surface area contributed by atoms with Gasteiger partial charge < -0.3 is 20.3 Å². The maximum atomic E-state index is 9.11. The van der Waals surface area contributed by atoms with Crippen molar-refractivity contribution in [1.29, 1.82) is 0 Å². The van der Waals surface area contributed by atoms with Gasteiger partial charge in [0.15, 0.2) is 0 Å². The molecule has 0 aliphatic rings. The minimum Gasteiger partial charge on any atom is -0.394 e. The van der Waals surface area contributed by atoms with Crippen molar-refractivity contribution in [3.63, 3.8) is 0 Å². The molecule has 0 aromatic carbocycles. The predicted octanol–water partition coefficient (Wildman–Crippen LogP) is 0.778. The van der Waals surface area contributed by atoms with Crippen LogP contribution in [0.3, 0.4) is 0 Å². The second-order valence-corrected chi connectivity index (χ2v) is 4.35. The van der Waals surface area contributed by atoms with Gasteiger partial charge in [-0.25, -0.2) is 4.98 Å². The van der Waals surface area contributed by atoms with E-state index >= 15 is 0 Å². The monoisotopic (exact) mass is 240 g/mol. The van der Waals surface area contributed by atoms with Crippen LogP contribution < -0.4 is 5.73 Å². The number of hydrogen-bond acceptors (Lipinski definition) is 4. The molecule has 0 saturated carbocycles. The van der Waals surface area contributed by atoms with Gasteiger partial charge in [0.1, 0.15) is 0 Å². The Bertz CT molecular complexity index is 322. The molecule has 0 aliphatic heterocycles. The van der Waals surface area contributed by atoms with Crippen LogP contribution in [0, 0.1) is 0 Å². The Labute approximate surface area is 103 Å². The first-order valence-electron chi connectivity index (χ1n) is 6.24. The van der Waals surface area contributed by atoms with Crippen molar-refractivity contribution >= 4 is 0 Å². The van der Waals surface area contributed by atoms with Crippen LogP contribution in [0.25, 0.3) is 0 Å². The van der Waals surface area contributed by atoms with Crippen LogP contribution in [0.2, 0.25) is 0 Å². The first-order chi connectivity index (χ1) is 8.13. The fraction of sp³-hybridized carbons (Fsp3) is 0.750. The molecule has 0 radical (unpaired) electrons. The van der Waals surface area contributed by atoms with E-state index in [1.54, 1.807) is 12.5 Å². The number of aliphatic hydroxyl groups excluding tert-OH is 1. The van der Waals surface area contributed by atoms with Crippen LogP contribution in [0.5, 0.6) is 0 Å². The summed E-state index contributed by atoms with van der Waals surface area (Å²) in [5.74, 6) is 0. The van der Waals surface area contributed by atoms with Gasteiger partial charge in [-0.1, -0.05) is 13.8 Å². The number of nitrogens with zero attached hydrogens (tertiary/aromatic N) is 3. The lowest BCUT2D eigenvalue weighted by Crippen LogP contribution is -2.31. The highest BCUT2D eigenvalue weighted by molar-refractivity contribution is 5.06. The lowest BCUT2D eigenvalue weighted by atomic mass is 10.2. The molecular weight excluding hydrogens is 216 g/mol. The third-order valence-electron chi connectivity index (χ3n) is 3.16. The SMILES string of the molecule is CCN(CC)CC(C)n1cncc1C(N)CO. The average Bonchev–Trinajstić information content (AvgIpc) is 2.83. The van der Waals surface area contributed by atoms with E-state index in [2.05, 4.69) is 35.2 Å². The molecule has 5 nitrogen and oxygen atoms in total. The van der Waals surface area contributed by atoms with Crippen molar-refractivity contribution < 1.29 is 5.11 Å². The molecule has 0 aliphatic carbocycles. The molecule has 0 amide bonds. The summed E-state index contributed by atoms with van der Waals surface area (Å²) in [5.41, 5.74) is 6.74. The van der Waals surface area contributed by atoms with Crippen molar-refractivity contribution in [2.45, 2.75) is 32.9 Å². The van der Waals surface area contributed by atoms with E-state index in [0.717, 1.165) is 25.3 Å². The van der Waals surface area contributed by atoms with Gasteiger partial charge >= 0.3 is 0 Å². The van der Waals surface area contributed by atoms with Gasteiger partial charge in [0.05, 0.1) is 24.7 Å². The summed E-state index contributed by atoms with van der Waals surface area (Å²) in [6, 6.07) is -0.0401. The zero-order valence-corrected chi connectivity index (χ0v) is 11.0. The Balaban J connectivity index is 2.74. The summed E-state index contributed by atoms with van der Waals surface area (Å²) >= 11 is 0. The smallest absolute Gasteiger partial charge is 0.0951 e. The van der Waals surface area contributed by atoms with Crippen molar-refractivity contribution in [1.82, 2.24) is 14.5 Å². The van der Waals surface area contributed by atoms with E-state index in [1.165, 1.54) is 0 Å². The van der Waals surface area contributed by atoms with E-state index in [9.17, 15) is 0 Å². The highest BCUT2D eigenvalue weighted by Gasteiger charge is 2.16. The molecule has 17 heavy (non-hydrogen) atoms. The van der Waals surface area contributed by atoms with E-state index in [1.807, 2.05) is 0 Å². The van der Waals surface area contributed by atoms with Crippen LogP contribution in [0.4, 0.5) is 0 Å². The summed E-state index contributed by atoms with van der Waals surface area (Å²) in [5, 5.41) is 9.11. The van der Waals surface area contributed by atoms with E-state index in [0.29, 0.717) is 6.04 Å². The molecule has 5 heteroatoms. The Morgan fingerprint density at radius 2 is 2.12 bits per heavy atom. The standard InChI is InChI=1S/C12H24N4O/c1-4-15(5-2)7-10(3)16-9-14-6-12(16)11(13)8-17/h6,9-11,17H,4-5,7-8,13H2,1-3H3. The lowest BCUT2D eigenvalue weighted by Gasteiger charge is -2.25. The fourth-order valence-electron chi connectivity index (χ4n) is 2.01. The van der Waals surface area contributed by atoms with Gasteiger partial charge in [0, 0.05) is 18.8 Å². The highest BCUT2D eigenvalue weighted by atomic mass is 16.3. The summed E-state index contributed by atoms with van der Waals surface area (Å²) < 4.78 is 2.05. The minimum atomic E-state index is -0.350. The number of aromatic nitrogens is 2. The van der Waals surface area contributed by atoms with Crippen LogP contribution in [0.1, 0.15) is 38.5 Å². The molecule has 0 spiro atoms. The molecule has 1 rings (SSSR count). The van der Waals surface area contributed by atoms with E-state index < -0.39 is 0 Å². The minimum absolute atomic E-state index is 0.0519. The lowest BCUT2D eigenvalue weighted by molar-refractivity contribution is 0.244. The molecule has 1 aromatic heterocycles. The number of imidazole rings is 1. The van der Waals surface area contributed by atoms with Crippen molar-refractivity contribution in [3.05, 3.63) is 18.2 Å². The predicted molar refractivity (Wildman–Crippen MR) is 68.7 cm³/mol. The second-order valence-electron chi connectivity index (χ2n) is 4.35. The summed E-state index contributed by atoms with van der Waals surface area (Å²) in [7, 11) is 0. The topological polar surface area (TPSA) is 67.3 Å². The molecule has 3 N–H and O–H groups in total. The zero-order valence-electron chi connectivity index (χ0n) is 11.0. The molecule has 1 heterocycles. The third-order valence-corrected chi connectivity index (χ3v) is 3.16. The second kappa shape index (κ2) is 6.74. The molecular formula is C12H24N4O. The number of aliphatic hydroxyl groups is 1. The fourth-order valence-corrected chi connectivity index (χ4v) is 2.01. The molecule has 2 atom stereocenters. The summed E-state index contributed by atoms with van der Waals surface area (Å²) in [4.78, 5) is 6.48. The highest BCUT2D eigenvalue weighted by Crippen LogP contribution is 2.16. The quantitative estimate of drug-likeness (QED) is 0.739. The van der Waals surface area contributed by atoms with Gasteiger partial charge in [-0.3, -0.25) is 0 Å². The van der Waals surface area contributed by atoms with Crippen molar-refractivity contribution in [3.8, 4) is 0 Å². The maximum absolute atomic E-state index is 9.11. The number of rotatable bonds is 7. The molecule has 0 bridgehead atoms. The Kier molecular flexibility index (Phi) is 5.61. The average molecular weight is 240 g/mol. The Hall–Kier alpha value is -0.910. The van der Waals surface area contributed by atoms with Gasteiger partial charge in [-0.15, -0.1) is 0 Å². The van der Waals surface area contributed by atoms with E-state index in [4.69, 9.17) is 10.8 Å². The van der Waals surface area contributed by atoms with Crippen LogP contribution in [-0.2, 0) is 0 Å². The molecule has 98 valence electrons. The normalized spacial score (nSPS) is 15.2. The number of nitrogens with two attached hydrogens (primary N) is 1. The molecule has 1 aromatic rings. The molecule has 0 fully saturated rings. The zero-order chi connectivity index (χ0) is 12.8. The Morgan fingerprint density at radius 1 is 1.47 bits per heavy atom. The Morgan fingerprint density at radius 3 is 2.65 bits per heavy atom. The van der Waals surface area contributed by atoms with Crippen LogP contribution in [0.15, 0.2) is 12.5 Å². The van der Waals surface area contributed by atoms with Gasteiger partial charge in [0.2, 0.25) is 0 Å². The molecule has 0 saturated heterocycles. The van der Waals surface area contributed by atoms with Crippen LogP contribution in [-0.4, -0.2) is 45.8 Å². The first kappa shape index (κ1) is 14.2. The largest absolute Gasteiger partial charge is 0.394 e. The van der Waals surface area contributed by atoms with Gasteiger partial charge in [0.25, 0.3) is 0 Å². The number of hydrogen-bond donors (Lipinski definition) is 2. The first-order valence-corrected chi connectivity index (χ1v) is 6.24. The maximum Gasteiger partial charge on any atom is 0.0951 e. The van der Waals surface area contributed by atoms with Gasteiger partial charge in [-0.2, -0.15) is 0 Å². The third kappa shape index (κ3) is 3.52. The van der Waals surface area contributed by atoms with Crippen molar-refractivity contribution in [2.24, 2.45) is 5.73 Å². The van der Waals surface area contributed by atoms with Gasteiger partial charge in [-0.05, 0) is 20.0 Å². The van der Waals surface area contributed by atoms with Crippen molar-refractivity contribution in [2.75, 3.05) is 26.2 Å².